The number of hydrogen-bond acceptors (Lipinski definition) is 7. The maximum absolute atomic E-state index is 11.4. The van der Waals surface area contributed by atoms with E-state index in [1.165, 1.54) is 5.56 Å². The summed E-state index contributed by atoms with van der Waals surface area (Å²) in [5, 5.41) is 11.5. The van der Waals surface area contributed by atoms with E-state index in [0.717, 1.165) is 60.7 Å². The maximum atomic E-state index is 11.4. The number of carbonyl (C=O) groups excluding carboxylic acids is 1. The third-order valence-electron chi connectivity index (χ3n) is 6.00. The molecule has 8 heteroatoms. The molecule has 0 unspecified atom stereocenters. The van der Waals surface area contributed by atoms with E-state index in [1.54, 1.807) is 6.20 Å². The van der Waals surface area contributed by atoms with Crippen molar-refractivity contribution in [1.82, 2.24) is 19.9 Å². The largest absolute Gasteiger partial charge is 0.387 e. The lowest BCUT2D eigenvalue weighted by molar-refractivity contribution is -0.118. The van der Waals surface area contributed by atoms with Crippen molar-refractivity contribution in [3.63, 3.8) is 0 Å². The van der Waals surface area contributed by atoms with E-state index in [9.17, 15) is 4.79 Å². The van der Waals surface area contributed by atoms with Crippen LogP contribution in [0.5, 0.6) is 0 Å². The van der Waals surface area contributed by atoms with Crippen LogP contribution in [0.4, 0.5) is 11.5 Å². The van der Waals surface area contributed by atoms with Crippen molar-refractivity contribution in [2.75, 3.05) is 43.0 Å². The molecule has 0 atom stereocenters. The lowest BCUT2D eigenvalue weighted by Crippen LogP contribution is -2.46. The van der Waals surface area contributed by atoms with Crippen LogP contribution in [0.2, 0.25) is 0 Å². The Hall–Kier alpha value is -3.88. The van der Waals surface area contributed by atoms with Gasteiger partial charge in [-0.1, -0.05) is 24.3 Å². The predicted octanol–water partition coefficient (Wildman–Crippen LogP) is 2.94. The molecule has 3 heterocycles. The van der Waals surface area contributed by atoms with Gasteiger partial charge >= 0.3 is 0 Å². The molecule has 2 aromatic heterocycles. The van der Waals surface area contributed by atoms with E-state index in [0.29, 0.717) is 5.69 Å². The summed E-state index contributed by atoms with van der Waals surface area (Å²) in [6.45, 7) is 4.12. The van der Waals surface area contributed by atoms with Crippen molar-refractivity contribution in [3.05, 3.63) is 78.8 Å². The monoisotopic (exact) mass is 454 g/mol. The highest BCUT2D eigenvalue weighted by atomic mass is 16.3. The van der Waals surface area contributed by atoms with Gasteiger partial charge in [-0.15, -0.1) is 0 Å². The van der Waals surface area contributed by atoms with Crippen LogP contribution in [0.15, 0.2) is 73.2 Å². The van der Waals surface area contributed by atoms with Crippen LogP contribution in [0.1, 0.15) is 5.56 Å². The lowest BCUT2D eigenvalue weighted by Gasteiger charge is -2.35. The SMILES string of the molecule is O=C(CO)Nc1ccc(-c2ccc3ncc(N4CCN(Cc5cccnc5)CC4)nc3c2)cc1. The van der Waals surface area contributed by atoms with Gasteiger partial charge in [0, 0.05) is 50.8 Å². The fourth-order valence-corrected chi connectivity index (χ4v) is 4.17. The van der Waals surface area contributed by atoms with Gasteiger partial charge in [-0.05, 0) is 47.0 Å². The number of amides is 1. The van der Waals surface area contributed by atoms with Crippen LogP contribution >= 0.6 is 0 Å². The second-order valence-corrected chi connectivity index (χ2v) is 8.34. The highest BCUT2D eigenvalue weighted by molar-refractivity contribution is 5.92. The second kappa shape index (κ2) is 9.94. The van der Waals surface area contributed by atoms with Crippen LogP contribution < -0.4 is 10.2 Å². The highest BCUT2D eigenvalue weighted by Crippen LogP contribution is 2.26. The third kappa shape index (κ3) is 5.03. The van der Waals surface area contributed by atoms with Crippen LogP contribution in [0.3, 0.4) is 0 Å². The van der Waals surface area contributed by atoms with Crippen LogP contribution in [0.25, 0.3) is 22.2 Å². The summed E-state index contributed by atoms with van der Waals surface area (Å²) >= 11 is 0. The molecule has 8 nitrogen and oxygen atoms in total. The molecule has 1 saturated heterocycles. The van der Waals surface area contributed by atoms with Gasteiger partial charge in [-0.3, -0.25) is 19.7 Å². The van der Waals surface area contributed by atoms with Gasteiger partial charge in [0.05, 0.1) is 17.2 Å². The smallest absolute Gasteiger partial charge is 0.250 e. The van der Waals surface area contributed by atoms with Gasteiger partial charge in [0.15, 0.2) is 0 Å². The molecule has 34 heavy (non-hydrogen) atoms. The Balaban J connectivity index is 1.28. The van der Waals surface area contributed by atoms with Gasteiger partial charge in [-0.25, -0.2) is 4.98 Å². The molecule has 5 rings (SSSR count). The van der Waals surface area contributed by atoms with Gasteiger partial charge in [0.1, 0.15) is 12.4 Å². The van der Waals surface area contributed by atoms with E-state index >= 15 is 0 Å². The first-order valence-electron chi connectivity index (χ1n) is 11.3. The van der Waals surface area contributed by atoms with Gasteiger partial charge in [-0.2, -0.15) is 0 Å². The van der Waals surface area contributed by atoms with Crippen LogP contribution in [0, 0.1) is 0 Å². The zero-order valence-electron chi connectivity index (χ0n) is 18.8. The fraction of sp³-hybridized carbons (Fsp3) is 0.231. The molecule has 0 saturated carbocycles. The normalized spacial score (nSPS) is 14.3. The molecule has 0 radical (unpaired) electrons. The first kappa shape index (κ1) is 21.9. The number of benzene rings is 2. The number of piperazine rings is 1. The second-order valence-electron chi connectivity index (χ2n) is 8.34. The molecular weight excluding hydrogens is 428 g/mol. The number of aromatic nitrogens is 3. The van der Waals surface area contributed by atoms with Crippen molar-refractivity contribution in [3.8, 4) is 11.1 Å². The lowest BCUT2D eigenvalue weighted by atomic mass is 10.0. The number of rotatable bonds is 6. The molecule has 1 amide bonds. The number of fused-ring (bicyclic) bond motifs is 1. The number of aliphatic hydroxyl groups excluding tert-OH is 1. The zero-order valence-corrected chi connectivity index (χ0v) is 18.8. The quantitative estimate of drug-likeness (QED) is 0.463. The average Bonchev–Trinajstić information content (AvgIpc) is 2.89. The molecule has 4 aromatic rings. The summed E-state index contributed by atoms with van der Waals surface area (Å²) < 4.78 is 0. The summed E-state index contributed by atoms with van der Waals surface area (Å²) in [5.41, 5.74) is 5.63. The summed E-state index contributed by atoms with van der Waals surface area (Å²) in [7, 11) is 0. The van der Waals surface area contributed by atoms with Crippen molar-refractivity contribution in [2.45, 2.75) is 6.54 Å². The summed E-state index contributed by atoms with van der Waals surface area (Å²) in [6.07, 6.45) is 5.59. The highest BCUT2D eigenvalue weighted by Gasteiger charge is 2.19. The minimum Gasteiger partial charge on any atom is -0.387 e. The predicted molar refractivity (Wildman–Crippen MR) is 132 cm³/mol. The van der Waals surface area contributed by atoms with Crippen LogP contribution in [-0.4, -0.2) is 63.7 Å². The Labute approximate surface area is 197 Å². The molecule has 2 N–H and O–H groups in total. The molecule has 0 bridgehead atoms. The number of carbonyl (C=O) groups is 1. The van der Waals surface area contributed by atoms with Gasteiger partial charge in [0.25, 0.3) is 0 Å². The minimum absolute atomic E-state index is 0.431. The molecule has 1 aliphatic rings. The van der Waals surface area contributed by atoms with Crippen molar-refractivity contribution in [1.29, 1.82) is 0 Å². The maximum Gasteiger partial charge on any atom is 0.250 e. The number of pyridine rings is 1. The molecular formula is C26H26N6O2. The van der Waals surface area contributed by atoms with E-state index < -0.39 is 12.5 Å². The molecule has 0 aliphatic carbocycles. The molecule has 1 fully saturated rings. The Bertz CT molecular complexity index is 1270. The van der Waals surface area contributed by atoms with Gasteiger partial charge < -0.3 is 15.3 Å². The average molecular weight is 455 g/mol. The number of anilines is 2. The minimum atomic E-state index is -0.535. The summed E-state index contributed by atoms with van der Waals surface area (Å²) in [4.78, 5) is 29.8. The number of aliphatic hydroxyl groups is 1. The number of nitrogens with zero attached hydrogens (tertiary/aromatic N) is 5. The third-order valence-corrected chi connectivity index (χ3v) is 6.00. The fourth-order valence-electron chi connectivity index (χ4n) is 4.17. The molecule has 1 aliphatic heterocycles. The molecule has 2 aromatic carbocycles. The molecule has 172 valence electrons. The Kier molecular flexibility index (Phi) is 6.42. The topological polar surface area (TPSA) is 94.5 Å². The Morgan fingerprint density at radius 3 is 2.47 bits per heavy atom. The summed E-state index contributed by atoms with van der Waals surface area (Å²) in [5.74, 6) is 0.465. The zero-order chi connectivity index (χ0) is 23.3. The van der Waals surface area contributed by atoms with Crippen molar-refractivity contribution in [2.24, 2.45) is 0 Å². The van der Waals surface area contributed by atoms with E-state index in [-0.39, 0.29) is 0 Å². The van der Waals surface area contributed by atoms with E-state index in [4.69, 9.17) is 10.1 Å². The number of hydrogen-bond donors (Lipinski definition) is 2. The van der Waals surface area contributed by atoms with Crippen molar-refractivity contribution >= 4 is 28.4 Å². The Morgan fingerprint density at radius 1 is 0.941 bits per heavy atom. The number of nitrogens with one attached hydrogen (secondary N) is 1. The Morgan fingerprint density at radius 2 is 1.74 bits per heavy atom. The molecule has 0 spiro atoms. The standard InChI is InChI=1S/C26H26N6O2/c33-18-26(34)29-22-6-3-20(4-7-22)21-5-8-23-24(14-21)30-25(16-28-23)32-12-10-31(11-13-32)17-19-2-1-9-27-15-19/h1-9,14-16,33H,10-13,17-18H2,(H,29,34). The van der Waals surface area contributed by atoms with E-state index in [1.807, 2.05) is 60.9 Å². The van der Waals surface area contributed by atoms with Gasteiger partial charge in [0.2, 0.25) is 5.91 Å². The first-order valence-corrected chi connectivity index (χ1v) is 11.3. The van der Waals surface area contributed by atoms with E-state index in [2.05, 4.69) is 31.2 Å². The van der Waals surface area contributed by atoms with Crippen molar-refractivity contribution < 1.29 is 9.90 Å². The summed E-state index contributed by atoms with van der Waals surface area (Å²) in [6, 6.07) is 17.7. The first-order chi connectivity index (χ1) is 16.7. The van der Waals surface area contributed by atoms with Crippen LogP contribution in [-0.2, 0) is 11.3 Å².